The number of carbonyl (C=O) groups excluding carboxylic acids is 1. The minimum atomic E-state index is -0.304. The van der Waals surface area contributed by atoms with Crippen LogP contribution in [0.25, 0.3) is 0 Å². The second-order valence-corrected chi connectivity index (χ2v) is 6.14. The number of rotatable bonds is 5. The Labute approximate surface area is 158 Å². The van der Waals surface area contributed by atoms with Gasteiger partial charge in [0.2, 0.25) is 0 Å². The molecule has 0 unspecified atom stereocenters. The third kappa shape index (κ3) is 4.61. The van der Waals surface area contributed by atoms with Crippen molar-refractivity contribution in [2.45, 2.75) is 0 Å². The lowest BCUT2D eigenvalue weighted by Gasteiger charge is -2.13. The number of carbonyl (C=O) groups is 1. The lowest BCUT2D eigenvalue weighted by atomic mass is 10.2. The van der Waals surface area contributed by atoms with E-state index in [1.54, 1.807) is 42.6 Å². The molecule has 0 spiro atoms. The SMILES string of the molecule is CN(C)c1ccc(Nc2ccc(C(=O)Nc3ccc(C#N)cc3)nc2)cc1. The van der Waals surface area contributed by atoms with Gasteiger partial charge in [0.1, 0.15) is 5.69 Å². The van der Waals surface area contributed by atoms with Crippen LogP contribution in [0.3, 0.4) is 0 Å². The van der Waals surface area contributed by atoms with Crippen LogP contribution in [-0.4, -0.2) is 25.0 Å². The number of hydrogen-bond acceptors (Lipinski definition) is 5. The average molecular weight is 357 g/mol. The van der Waals surface area contributed by atoms with Crippen molar-refractivity contribution in [2.24, 2.45) is 0 Å². The van der Waals surface area contributed by atoms with Gasteiger partial charge in [-0.15, -0.1) is 0 Å². The van der Waals surface area contributed by atoms with Crippen LogP contribution in [0.4, 0.5) is 22.7 Å². The largest absolute Gasteiger partial charge is 0.378 e. The summed E-state index contributed by atoms with van der Waals surface area (Å²) in [4.78, 5) is 18.5. The molecule has 2 N–H and O–H groups in total. The van der Waals surface area contributed by atoms with Crippen molar-refractivity contribution in [1.29, 1.82) is 5.26 Å². The number of nitrogens with zero attached hydrogens (tertiary/aromatic N) is 3. The molecule has 3 aromatic rings. The molecule has 0 fully saturated rings. The number of amides is 1. The molecule has 27 heavy (non-hydrogen) atoms. The topological polar surface area (TPSA) is 81.0 Å². The predicted molar refractivity (Wildman–Crippen MR) is 107 cm³/mol. The van der Waals surface area contributed by atoms with Gasteiger partial charge in [0.15, 0.2) is 0 Å². The highest BCUT2D eigenvalue weighted by atomic mass is 16.1. The van der Waals surface area contributed by atoms with E-state index >= 15 is 0 Å². The first-order valence-corrected chi connectivity index (χ1v) is 8.37. The normalized spacial score (nSPS) is 9.96. The van der Waals surface area contributed by atoms with Crippen molar-refractivity contribution in [3.05, 3.63) is 78.1 Å². The highest BCUT2D eigenvalue weighted by molar-refractivity contribution is 6.03. The van der Waals surface area contributed by atoms with E-state index in [9.17, 15) is 4.79 Å². The molecule has 1 heterocycles. The summed E-state index contributed by atoms with van der Waals surface area (Å²) in [5.74, 6) is -0.304. The Balaban J connectivity index is 1.63. The van der Waals surface area contributed by atoms with Crippen molar-refractivity contribution in [3.8, 4) is 6.07 Å². The second-order valence-electron chi connectivity index (χ2n) is 6.14. The van der Waals surface area contributed by atoms with Gasteiger partial charge >= 0.3 is 0 Å². The molecule has 134 valence electrons. The number of pyridine rings is 1. The summed E-state index contributed by atoms with van der Waals surface area (Å²) in [5, 5.41) is 14.8. The summed E-state index contributed by atoms with van der Waals surface area (Å²) < 4.78 is 0. The minimum Gasteiger partial charge on any atom is -0.378 e. The third-order valence-corrected chi connectivity index (χ3v) is 3.94. The van der Waals surface area contributed by atoms with Gasteiger partial charge in [0.05, 0.1) is 23.5 Å². The van der Waals surface area contributed by atoms with Crippen molar-refractivity contribution in [3.63, 3.8) is 0 Å². The van der Waals surface area contributed by atoms with Crippen LogP contribution < -0.4 is 15.5 Å². The first kappa shape index (κ1) is 18.0. The molecule has 6 nitrogen and oxygen atoms in total. The molecule has 3 rings (SSSR count). The number of nitriles is 1. The van der Waals surface area contributed by atoms with Crippen molar-refractivity contribution >= 4 is 28.7 Å². The zero-order valence-electron chi connectivity index (χ0n) is 15.1. The first-order valence-electron chi connectivity index (χ1n) is 8.37. The number of aromatic nitrogens is 1. The molecule has 0 aliphatic rings. The summed E-state index contributed by atoms with van der Waals surface area (Å²) in [6.45, 7) is 0. The van der Waals surface area contributed by atoms with Crippen molar-refractivity contribution in [2.75, 3.05) is 29.6 Å². The lowest BCUT2D eigenvalue weighted by molar-refractivity contribution is 0.102. The molecule has 0 bridgehead atoms. The van der Waals surface area contributed by atoms with Crippen LogP contribution >= 0.6 is 0 Å². The lowest BCUT2D eigenvalue weighted by Crippen LogP contribution is -2.13. The quantitative estimate of drug-likeness (QED) is 0.721. The van der Waals surface area contributed by atoms with Gasteiger partial charge in [-0.25, -0.2) is 4.98 Å². The highest BCUT2D eigenvalue weighted by Crippen LogP contribution is 2.20. The Kier molecular flexibility index (Phi) is 5.33. The zero-order valence-corrected chi connectivity index (χ0v) is 15.1. The smallest absolute Gasteiger partial charge is 0.274 e. The molecule has 0 atom stereocenters. The Hall–Kier alpha value is -3.85. The Morgan fingerprint density at radius 2 is 1.56 bits per heavy atom. The van der Waals surface area contributed by atoms with Crippen molar-refractivity contribution < 1.29 is 4.79 Å². The zero-order chi connectivity index (χ0) is 19.2. The summed E-state index contributed by atoms with van der Waals surface area (Å²) in [6, 6.07) is 20.2. The molecule has 0 aliphatic carbocycles. The molecule has 0 saturated carbocycles. The maximum absolute atomic E-state index is 12.3. The molecule has 2 aromatic carbocycles. The van der Waals surface area contributed by atoms with E-state index in [0.717, 1.165) is 17.1 Å². The minimum absolute atomic E-state index is 0.304. The maximum atomic E-state index is 12.3. The standard InChI is InChI=1S/C21H19N5O/c1-26(2)19-10-7-16(8-11-19)24-18-9-12-20(23-14-18)21(27)25-17-5-3-15(13-22)4-6-17/h3-12,14,24H,1-2H3,(H,25,27). The van der Waals surface area contributed by atoms with Crippen LogP contribution in [-0.2, 0) is 0 Å². The van der Waals surface area contributed by atoms with E-state index < -0.39 is 0 Å². The number of anilines is 4. The number of hydrogen-bond donors (Lipinski definition) is 2. The monoisotopic (exact) mass is 357 g/mol. The second kappa shape index (κ2) is 8.02. The molecule has 0 aliphatic heterocycles. The fourth-order valence-electron chi connectivity index (χ4n) is 2.43. The van der Waals surface area contributed by atoms with Crippen LogP contribution in [0.2, 0.25) is 0 Å². The van der Waals surface area contributed by atoms with E-state index in [4.69, 9.17) is 5.26 Å². The van der Waals surface area contributed by atoms with E-state index in [1.807, 2.05) is 49.3 Å². The Bertz CT molecular complexity index is 955. The van der Waals surface area contributed by atoms with Gasteiger partial charge in [-0.1, -0.05) is 0 Å². The van der Waals surface area contributed by atoms with Crippen LogP contribution in [0.5, 0.6) is 0 Å². The van der Waals surface area contributed by atoms with E-state index in [2.05, 4.69) is 15.6 Å². The molecular formula is C21H19N5O. The molecule has 0 radical (unpaired) electrons. The van der Waals surface area contributed by atoms with Crippen molar-refractivity contribution in [1.82, 2.24) is 4.98 Å². The molecular weight excluding hydrogens is 338 g/mol. The van der Waals surface area contributed by atoms with E-state index in [-0.39, 0.29) is 5.91 Å². The summed E-state index contributed by atoms with van der Waals surface area (Å²) in [7, 11) is 3.99. The molecule has 0 saturated heterocycles. The summed E-state index contributed by atoms with van der Waals surface area (Å²) in [5.41, 5.74) is 4.32. The van der Waals surface area contributed by atoms with Crippen LogP contribution in [0.15, 0.2) is 66.9 Å². The van der Waals surface area contributed by atoms with Crippen LogP contribution in [0, 0.1) is 11.3 Å². The number of nitrogens with one attached hydrogen (secondary N) is 2. The highest BCUT2D eigenvalue weighted by Gasteiger charge is 2.08. The van der Waals surface area contributed by atoms with Gasteiger partial charge < -0.3 is 15.5 Å². The first-order chi connectivity index (χ1) is 13.0. The maximum Gasteiger partial charge on any atom is 0.274 e. The predicted octanol–water partition coefficient (Wildman–Crippen LogP) is 4.02. The summed E-state index contributed by atoms with van der Waals surface area (Å²) >= 11 is 0. The third-order valence-electron chi connectivity index (χ3n) is 3.94. The van der Waals surface area contributed by atoms with Gasteiger partial charge in [-0.05, 0) is 60.7 Å². The van der Waals surface area contributed by atoms with Gasteiger partial charge in [-0.3, -0.25) is 4.79 Å². The van der Waals surface area contributed by atoms with E-state index in [0.29, 0.717) is 16.9 Å². The average Bonchev–Trinajstić information content (AvgIpc) is 2.69. The Morgan fingerprint density at radius 3 is 2.11 bits per heavy atom. The summed E-state index contributed by atoms with van der Waals surface area (Å²) in [6.07, 6.45) is 1.62. The molecule has 1 aromatic heterocycles. The fourth-order valence-corrected chi connectivity index (χ4v) is 2.43. The Morgan fingerprint density at radius 1 is 0.926 bits per heavy atom. The van der Waals surface area contributed by atoms with E-state index in [1.165, 1.54) is 0 Å². The molecule has 6 heteroatoms. The van der Waals surface area contributed by atoms with Gasteiger partial charge in [-0.2, -0.15) is 5.26 Å². The number of benzene rings is 2. The van der Waals surface area contributed by atoms with Gasteiger partial charge in [0.25, 0.3) is 5.91 Å². The van der Waals surface area contributed by atoms with Gasteiger partial charge in [0, 0.05) is 31.2 Å². The fraction of sp³-hybridized carbons (Fsp3) is 0.0952. The van der Waals surface area contributed by atoms with Crippen LogP contribution in [0.1, 0.15) is 16.1 Å². The molecule has 1 amide bonds.